The van der Waals surface area contributed by atoms with Crippen LogP contribution in [-0.4, -0.2) is 123 Å². The number of fused-ring (bicyclic) bond motifs is 1. The van der Waals surface area contributed by atoms with Crippen LogP contribution < -0.4 is 16.4 Å². The lowest BCUT2D eigenvalue weighted by Gasteiger charge is -2.30. The van der Waals surface area contributed by atoms with E-state index in [1.165, 1.54) is 13.8 Å². The molecule has 2 amide bonds. The Bertz CT molecular complexity index is 1750. The van der Waals surface area contributed by atoms with Crippen molar-refractivity contribution in [3.8, 4) is 0 Å². The fraction of sp³-hybridized carbons (Fsp3) is 0.680. The van der Waals surface area contributed by atoms with E-state index in [1.807, 2.05) is 6.92 Å². The number of aromatic nitrogens is 4. The standard InChI is InChI=1S/C25H42N7O17P3S/c1-4-5-16(34)53-9-8-27-15(33)6-7-28-23(37)20(36)25(2,3)11-46-52(43,44)49-51(41,42)45-10-14-19(48-50(38,39)40)18(35)24(47-14)32-13-31-17-21(26)29-12-30-22(17)32/h12-14,18-20,24,35-36H,4-11H2,1-3H3,(H,27,33)(H,28,37)(H,41,42)(H,43,44)(H2,26,29,30)(H2,38,39,40)/t14-,18?,19+,20+,24-/m1/s1. The summed E-state index contributed by atoms with van der Waals surface area (Å²) in [4.78, 5) is 86.8. The highest BCUT2D eigenvalue weighted by atomic mass is 32.2. The molecule has 53 heavy (non-hydrogen) atoms. The van der Waals surface area contributed by atoms with Crippen molar-refractivity contribution in [1.82, 2.24) is 30.2 Å². The first-order valence-electron chi connectivity index (χ1n) is 15.6. The first kappa shape index (κ1) is 45.0. The fourth-order valence-corrected chi connectivity index (χ4v) is 8.18. The number of nitrogens with two attached hydrogens (primary N) is 1. The zero-order chi connectivity index (χ0) is 39.8. The van der Waals surface area contributed by atoms with Crippen LogP contribution in [0.4, 0.5) is 5.82 Å². The number of nitrogens with one attached hydrogen (secondary N) is 2. The molecule has 0 aliphatic carbocycles. The molecule has 2 aromatic rings. The fourth-order valence-electron chi connectivity index (χ4n) is 4.57. The molecule has 7 atom stereocenters. The molecule has 1 aliphatic rings. The van der Waals surface area contributed by atoms with E-state index in [-0.39, 0.29) is 41.6 Å². The quantitative estimate of drug-likeness (QED) is 0.0563. The summed E-state index contributed by atoms with van der Waals surface area (Å²) in [6.07, 6.45) is -5.73. The number of aliphatic hydroxyl groups is 2. The van der Waals surface area contributed by atoms with Crippen LogP contribution in [0, 0.1) is 5.41 Å². The monoisotopic (exact) mass is 837 g/mol. The second-order valence-electron chi connectivity index (χ2n) is 12.0. The summed E-state index contributed by atoms with van der Waals surface area (Å²) >= 11 is 1.09. The molecule has 0 saturated carbocycles. The van der Waals surface area contributed by atoms with Gasteiger partial charge in [0.1, 0.15) is 36.3 Å². The van der Waals surface area contributed by atoms with Crippen molar-refractivity contribution in [2.75, 3.05) is 37.8 Å². The Hall–Kier alpha value is -2.44. The Morgan fingerprint density at radius 3 is 2.40 bits per heavy atom. The van der Waals surface area contributed by atoms with Gasteiger partial charge in [-0.2, -0.15) is 4.31 Å². The Morgan fingerprint density at radius 2 is 1.74 bits per heavy atom. The predicted octanol–water partition coefficient (Wildman–Crippen LogP) is -0.535. The normalized spacial score (nSPS) is 22.2. The summed E-state index contributed by atoms with van der Waals surface area (Å²) in [7, 11) is -16.4. The van der Waals surface area contributed by atoms with E-state index in [2.05, 4.69) is 34.4 Å². The topological polar surface area (TPSA) is 364 Å². The second kappa shape index (κ2) is 18.9. The molecular weight excluding hydrogens is 795 g/mol. The molecule has 300 valence electrons. The lowest BCUT2D eigenvalue weighted by Crippen LogP contribution is -2.46. The molecular formula is C25H42N7O17P3S. The molecule has 0 spiro atoms. The molecule has 0 radical (unpaired) electrons. The van der Waals surface area contributed by atoms with E-state index < -0.39 is 84.6 Å². The Labute approximate surface area is 306 Å². The number of nitrogens with zero attached hydrogens (tertiary/aromatic N) is 4. The minimum absolute atomic E-state index is 0.0127. The number of carbonyl (C=O) groups excluding carboxylic acids is 3. The summed E-state index contributed by atoms with van der Waals surface area (Å²) in [5.41, 5.74) is 4.27. The van der Waals surface area contributed by atoms with Crippen LogP contribution in [0.25, 0.3) is 11.2 Å². The van der Waals surface area contributed by atoms with E-state index in [1.54, 1.807) is 0 Å². The van der Waals surface area contributed by atoms with Gasteiger partial charge >= 0.3 is 23.5 Å². The summed E-state index contributed by atoms with van der Waals surface area (Å²) in [5, 5.41) is 26.3. The van der Waals surface area contributed by atoms with Crippen molar-refractivity contribution in [1.29, 1.82) is 0 Å². The van der Waals surface area contributed by atoms with Crippen LogP contribution in [0.5, 0.6) is 0 Å². The zero-order valence-electron chi connectivity index (χ0n) is 28.5. The largest absolute Gasteiger partial charge is 0.481 e. The number of aliphatic hydroxyl groups excluding tert-OH is 2. The zero-order valence-corrected chi connectivity index (χ0v) is 32.0. The third-order valence-electron chi connectivity index (χ3n) is 7.22. The number of rotatable bonds is 21. The van der Waals surface area contributed by atoms with E-state index >= 15 is 0 Å². The van der Waals surface area contributed by atoms with Crippen molar-refractivity contribution in [2.24, 2.45) is 5.41 Å². The van der Waals surface area contributed by atoms with Gasteiger partial charge < -0.3 is 50.9 Å². The van der Waals surface area contributed by atoms with Crippen LogP contribution in [0.3, 0.4) is 0 Å². The van der Waals surface area contributed by atoms with Crippen molar-refractivity contribution in [2.45, 2.75) is 70.7 Å². The van der Waals surface area contributed by atoms with E-state index in [4.69, 9.17) is 19.5 Å². The summed E-state index contributed by atoms with van der Waals surface area (Å²) in [6.45, 7) is 2.41. The van der Waals surface area contributed by atoms with Crippen molar-refractivity contribution < 1.29 is 80.5 Å². The minimum Gasteiger partial charge on any atom is -0.386 e. The number of ether oxygens (including phenoxy) is 1. The number of amides is 2. The molecule has 28 heteroatoms. The van der Waals surface area contributed by atoms with Gasteiger partial charge in [-0.15, -0.1) is 0 Å². The van der Waals surface area contributed by atoms with Crippen molar-refractivity contribution in [3.63, 3.8) is 0 Å². The predicted molar refractivity (Wildman–Crippen MR) is 182 cm³/mol. The Balaban J connectivity index is 1.52. The van der Waals surface area contributed by atoms with Crippen molar-refractivity contribution >= 4 is 69.1 Å². The Morgan fingerprint density at radius 1 is 1.06 bits per heavy atom. The van der Waals surface area contributed by atoms with Gasteiger partial charge in [0.15, 0.2) is 22.8 Å². The van der Waals surface area contributed by atoms with E-state index in [9.17, 15) is 57.9 Å². The maximum Gasteiger partial charge on any atom is 0.481 e. The summed E-state index contributed by atoms with van der Waals surface area (Å²) < 4.78 is 61.9. The lowest BCUT2D eigenvalue weighted by molar-refractivity contribution is -0.137. The molecule has 3 heterocycles. The number of hydrogen-bond acceptors (Lipinski definition) is 18. The second-order valence-corrected chi connectivity index (χ2v) is 17.4. The number of thioether (sulfide) groups is 1. The van der Waals surface area contributed by atoms with Gasteiger partial charge in [-0.1, -0.05) is 32.5 Å². The molecule has 0 bridgehead atoms. The van der Waals surface area contributed by atoms with Crippen LogP contribution in [0.1, 0.15) is 46.3 Å². The van der Waals surface area contributed by atoms with Crippen LogP contribution >= 0.6 is 35.2 Å². The molecule has 10 N–H and O–H groups in total. The molecule has 1 saturated heterocycles. The lowest BCUT2D eigenvalue weighted by atomic mass is 9.87. The molecule has 0 aromatic carbocycles. The third-order valence-corrected chi connectivity index (χ3v) is 11.3. The number of hydrogen-bond donors (Lipinski definition) is 9. The van der Waals surface area contributed by atoms with Gasteiger partial charge in [-0.05, 0) is 6.42 Å². The van der Waals surface area contributed by atoms with Gasteiger partial charge in [0.25, 0.3) is 0 Å². The number of imidazole rings is 1. The molecule has 3 unspecified atom stereocenters. The number of phosphoric ester groups is 3. The smallest absolute Gasteiger partial charge is 0.386 e. The highest BCUT2D eigenvalue weighted by Crippen LogP contribution is 2.61. The van der Waals surface area contributed by atoms with Gasteiger partial charge in [0, 0.05) is 37.1 Å². The third kappa shape index (κ3) is 13.7. The molecule has 2 aromatic heterocycles. The van der Waals surface area contributed by atoms with Gasteiger partial charge in [0.05, 0.1) is 19.5 Å². The van der Waals surface area contributed by atoms with Crippen LogP contribution in [0.2, 0.25) is 0 Å². The number of phosphoric acid groups is 3. The van der Waals surface area contributed by atoms with Gasteiger partial charge in [-0.3, -0.25) is 32.5 Å². The van der Waals surface area contributed by atoms with Crippen LogP contribution in [0.15, 0.2) is 12.7 Å². The van der Waals surface area contributed by atoms with E-state index in [0.717, 1.165) is 35.4 Å². The maximum absolute atomic E-state index is 12.6. The molecule has 3 rings (SSSR count). The van der Waals surface area contributed by atoms with Crippen molar-refractivity contribution in [3.05, 3.63) is 12.7 Å². The SMILES string of the molecule is CCCC(=O)SCCNC(=O)CCNC(=O)[C@H](O)C(C)(C)COP(=O)(O)OP(=O)(O)OC[C@H]1O[C@@H](n2cnc3c(N)ncnc32)C(O)[C@H]1OP(=O)(O)O. The molecule has 24 nitrogen and oxygen atoms in total. The number of anilines is 1. The van der Waals surface area contributed by atoms with Gasteiger partial charge in [0.2, 0.25) is 11.8 Å². The minimum atomic E-state index is -5.56. The number of nitrogen functional groups attached to an aromatic ring is 1. The average Bonchev–Trinajstić information content (AvgIpc) is 3.61. The highest BCUT2D eigenvalue weighted by molar-refractivity contribution is 8.13. The maximum atomic E-state index is 12.6. The van der Waals surface area contributed by atoms with E-state index in [0.29, 0.717) is 12.2 Å². The summed E-state index contributed by atoms with van der Waals surface area (Å²) in [5.74, 6) is -1.06. The highest BCUT2D eigenvalue weighted by Gasteiger charge is 2.50. The summed E-state index contributed by atoms with van der Waals surface area (Å²) in [6, 6.07) is 0. The molecule has 1 aliphatic heterocycles. The first-order valence-corrected chi connectivity index (χ1v) is 21.1. The van der Waals surface area contributed by atoms with Crippen LogP contribution in [-0.2, 0) is 50.7 Å². The number of carbonyl (C=O) groups is 3. The average molecular weight is 838 g/mol. The first-order chi connectivity index (χ1) is 24.6. The molecule has 1 fully saturated rings. The van der Waals surface area contributed by atoms with Gasteiger partial charge in [-0.25, -0.2) is 28.6 Å². The Kier molecular flexibility index (Phi) is 16.1.